The second-order valence-corrected chi connectivity index (χ2v) is 7.70. The first kappa shape index (κ1) is 17.1. The van der Waals surface area contributed by atoms with Gasteiger partial charge in [-0.15, -0.1) is 0 Å². The average Bonchev–Trinajstić information content (AvgIpc) is 3.33. The molecule has 3 aromatic rings. The fraction of sp³-hybridized carbons (Fsp3) is 0.381. The Morgan fingerprint density at radius 2 is 2.11 bits per heavy atom. The van der Waals surface area contributed by atoms with Crippen LogP contribution in [0.1, 0.15) is 41.6 Å². The molecule has 7 heteroatoms. The number of halogens is 1. The number of fused-ring (bicyclic) bond motifs is 3. The summed E-state index contributed by atoms with van der Waals surface area (Å²) in [6.45, 7) is 2.55. The molecule has 2 aliphatic rings. The lowest BCUT2D eigenvalue weighted by atomic mass is 9.77. The first-order valence-corrected chi connectivity index (χ1v) is 9.70. The predicted octanol–water partition coefficient (Wildman–Crippen LogP) is 2.92. The number of rotatable bonds is 3. The third-order valence-electron chi connectivity index (χ3n) is 6.16. The van der Waals surface area contributed by atoms with Gasteiger partial charge in [-0.1, -0.05) is 6.07 Å². The van der Waals surface area contributed by atoms with E-state index in [1.54, 1.807) is 18.3 Å². The van der Waals surface area contributed by atoms with Crippen molar-refractivity contribution in [2.45, 2.75) is 37.6 Å². The molecule has 28 heavy (non-hydrogen) atoms. The third kappa shape index (κ3) is 2.64. The maximum Gasteiger partial charge on any atom is 0.157 e. The summed E-state index contributed by atoms with van der Waals surface area (Å²) in [4.78, 5) is 4.99. The zero-order valence-corrected chi connectivity index (χ0v) is 15.5. The number of anilines is 1. The van der Waals surface area contributed by atoms with Gasteiger partial charge in [-0.2, -0.15) is 14.9 Å². The second-order valence-electron chi connectivity index (χ2n) is 7.70. The predicted molar refractivity (Wildman–Crippen MR) is 104 cm³/mol. The lowest BCUT2D eigenvalue weighted by molar-refractivity contribution is 0.301. The molecule has 1 aliphatic heterocycles. The quantitative estimate of drug-likeness (QED) is 0.735. The maximum absolute atomic E-state index is 13.6. The van der Waals surface area contributed by atoms with Crippen molar-refractivity contribution in [3.8, 4) is 6.07 Å². The highest BCUT2D eigenvalue weighted by atomic mass is 19.1. The van der Waals surface area contributed by atoms with E-state index in [1.165, 1.54) is 17.3 Å². The van der Waals surface area contributed by atoms with Gasteiger partial charge in [0.1, 0.15) is 17.7 Å². The molecule has 5 rings (SSSR count). The average molecular weight is 376 g/mol. The zero-order valence-electron chi connectivity index (χ0n) is 15.5. The lowest BCUT2D eigenvalue weighted by Gasteiger charge is -2.34. The van der Waals surface area contributed by atoms with E-state index in [2.05, 4.69) is 15.7 Å². The minimum Gasteiger partial charge on any atom is -0.366 e. The van der Waals surface area contributed by atoms with Crippen molar-refractivity contribution in [2.75, 3.05) is 18.4 Å². The van der Waals surface area contributed by atoms with Gasteiger partial charge in [-0.05, 0) is 56.5 Å². The number of benzene rings is 1. The molecule has 6 nitrogen and oxygen atoms in total. The summed E-state index contributed by atoms with van der Waals surface area (Å²) in [7, 11) is 0. The molecule has 1 saturated heterocycles. The number of piperidine rings is 1. The Morgan fingerprint density at radius 3 is 2.93 bits per heavy atom. The first-order chi connectivity index (χ1) is 13.7. The second kappa shape index (κ2) is 6.57. The summed E-state index contributed by atoms with van der Waals surface area (Å²) < 4.78 is 15.5. The van der Waals surface area contributed by atoms with Gasteiger partial charge in [-0.25, -0.2) is 9.37 Å². The van der Waals surface area contributed by atoms with E-state index in [1.807, 2.05) is 16.7 Å². The molecule has 1 aliphatic carbocycles. The SMILES string of the molecule is N#Cc1cc(CNc2c3c(nc4ccnn24)C2(CCNCC2)CC3)ccc1F. The number of nitrogens with zero attached hydrogens (tertiary/aromatic N) is 4. The van der Waals surface area contributed by atoms with Gasteiger partial charge in [0, 0.05) is 23.6 Å². The van der Waals surface area contributed by atoms with E-state index in [0.29, 0.717) is 6.54 Å². The molecule has 1 spiro atoms. The Balaban J connectivity index is 1.53. The van der Waals surface area contributed by atoms with Crippen LogP contribution in [0, 0.1) is 17.1 Å². The highest BCUT2D eigenvalue weighted by molar-refractivity contribution is 5.59. The van der Waals surface area contributed by atoms with Crippen LogP contribution in [-0.4, -0.2) is 27.7 Å². The van der Waals surface area contributed by atoms with Gasteiger partial charge in [0.15, 0.2) is 5.65 Å². The van der Waals surface area contributed by atoms with Crippen LogP contribution in [0.4, 0.5) is 10.2 Å². The van der Waals surface area contributed by atoms with E-state index >= 15 is 0 Å². The molecule has 0 radical (unpaired) electrons. The standard InChI is InChI=1S/C21H21FN6/c22-17-2-1-14(11-15(17)12-23)13-25-20-16-3-5-21(6-9-24-10-7-21)19(16)27-18-4-8-26-28(18)20/h1-2,4,8,11,24-25H,3,5-7,9-10,13H2. The maximum atomic E-state index is 13.6. The van der Waals surface area contributed by atoms with Crippen LogP contribution in [0.2, 0.25) is 0 Å². The Kier molecular flexibility index (Phi) is 4.02. The van der Waals surface area contributed by atoms with E-state index in [0.717, 1.165) is 55.8 Å². The van der Waals surface area contributed by atoms with Crippen LogP contribution in [0.3, 0.4) is 0 Å². The van der Waals surface area contributed by atoms with Crippen LogP contribution < -0.4 is 10.6 Å². The molecule has 2 N–H and O–H groups in total. The molecule has 3 heterocycles. The molecule has 2 aromatic heterocycles. The molecule has 0 bridgehead atoms. The van der Waals surface area contributed by atoms with Crippen molar-refractivity contribution < 1.29 is 4.39 Å². The molecule has 0 unspecified atom stereocenters. The minimum atomic E-state index is -0.488. The van der Waals surface area contributed by atoms with Crippen LogP contribution in [-0.2, 0) is 18.4 Å². The fourth-order valence-corrected chi connectivity index (χ4v) is 4.66. The smallest absolute Gasteiger partial charge is 0.157 e. The monoisotopic (exact) mass is 376 g/mol. The fourth-order valence-electron chi connectivity index (χ4n) is 4.66. The summed E-state index contributed by atoms with van der Waals surface area (Å²) in [6.07, 6.45) is 6.09. The Hall–Kier alpha value is -2.98. The van der Waals surface area contributed by atoms with Crippen molar-refractivity contribution >= 4 is 11.5 Å². The number of nitriles is 1. The largest absolute Gasteiger partial charge is 0.366 e. The highest BCUT2D eigenvalue weighted by Crippen LogP contribution is 2.46. The molecule has 142 valence electrons. The molecular formula is C21H21FN6. The topological polar surface area (TPSA) is 78.0 Å². The van der Waals surface area contributed by atoms with E-state index in [4.69, 9.17) is 10.2 Å². The first-order valence-electron chi connectivity index (χ1n) is 9.70. The molecule has 1 fully saturated rings. The molecule has 0 saturated carbocycles. The van der Waals surface area contributed by atoms with E-state index < -0.39 is 5.82 Å². The molecule has 0 atom stereocenters. The van der Waals surface area contributed by atoms with Crippen molar-refractivity contribution in [1.29, 1.82) is 5.26 Å². The minimum absolute atomic E-state index is 0.0668. The normalized spacial score (nSPS) is 17.6. The van der Waals surface area contributed by atoms with Gasteiger partial charge in [-0.3, -0.25) is 0 Å². The van der Waals surface area contributed by atoms with Crippen LogP contribution in [0.15, 0.2) is 30.5 Å². The highest BCUT2D eigenvalue weighted by Gasteiger charge is 2.42. The van der Waals surface area contributed by atoms with E-state index in [-0.39, 0.29) is 11.0 Å². The van der Waals surface area contributed by atoms with Gasteiger partial charge in [0.2, 0.25) is 0 Å². The van der Waals surface area contributed by atoms with E-state index in [9.17, 15) is 4.39 Å². The number of aromatic nitrogens is 3. The Labute approximate surface area is 162 Å². The van der Waals surface area contributed by atoms with Gasteiger partial charge in [0.05, 0.1) is 17.5 Å². The Bertz CT molecular complexity index is 1090. The van der Waals surface area contributed by atoms with Crippen molar-refractivity contribution in [2.24, 2.45) is 0 Å². The molecule has 1 aromatic carbocycles. The summed E-state index contributed by atoms with van der Waals surface area (Å²) in [6, 6.07) is 8.49. The van der Waals surface area contributed by atoms with Gasteiger partial charge in [0.25, 0.3) is 0 Å². The van der Waals surface area contributed by atoms with Crippen LogP contribution >= 0.6 is 0 Å². The Morgan fingerprint density at radius 1 is 1.25 bits per heavy atom. The number of nitrogens with one attached hydrogen (secondary N) is 2. The number of hydrogen-bond acceptors (Lipinski definition) is 5. The summed E-state index contributed by atoms with van der Waals surface area (Å²) in [5, 5.41) is 20.5. The molecule has 0 amide bonds. The summed E-state index contributed by atoms with van der Waals surface area (Å²) in [5.74, 6) is 0.474. The van der Waals surface area contributed by atoms with Crippen LogP contribution in [0.25, 0.3) is 5.65 Å². The third-order valence-corrected chi connectivity index (χ3v) is 6.16. The number of hydrogen-bond donors (Lipinski definition) is 2. The van der Waals surface area contributed by atoms with Crippen LogP contribution in [0.5, 0.6) is 0 Å². The van der Waals surface area contributed by atoms with Crippen molar-refractivity contribution in [1.82, 2.24) is 19.9 Å². The van der Waals surface area contributed by atoms with Gasteiger partial charge >= 0.3 is 0 Å². The summed E-state index contributed by atoms with van der Waals surface area (Å²) in [5.41, 5.74) is 4.38. The molecular weight excluding hydrogens is 355 g/mol. The van der Waals surface area contributed by atoms with Crippen molar-refractivity contribution in [3.63, 3.8) is 0 Å². The van der Waals surface area contributed by atoms with Gasteiger partial charge < -0.3 is 10.6 Å². The summed E-state index contributed by atoms with van der Waals surface area (Å²) >= 11 is 0. The van der Waals surface area contributed by atoms with Crippen molar-refractivity contribution in [3.05, 3.63) is 58.7 Å². The zero-order chi connectivity index (χ0) is 19.1. The lowest BCUT2D eigenvalue weighted by Crippen LogP contribution is -2.39.